The Morgan fingerprint density at radius 3 is 2.90 bits per heavy atom. The molecule has 0 radical (unpaired) electrons. The number of nitrogens with two attached hydrogens (primary N) is 1. The van der Waals surface area contributed by atoms with Crippen molar-refractivity contribution in [3.63, 3.8) is 0 Å². The smallest absolute Gasteiger partial charge is 0.349 e. The van der Waals surface area contributed by atoms with Gasteiger partial charge in [0.2, 0.25) is 11.6 Å². The van der Waals surface area contributed by atoms with Gasteiger partial charge in [0.1, 0.15) is 6.33 Å². The third kappa shape index (κ3) is 2.78. The Morgan fingerprint density at radius 1 is 1.50 bits per heavy atom. The van der Waals surface area contributed by atoms with Crippen LogP contribution in [0.4, 0.5) is 17.3 Å². The van der Waals surface area contributed by atoms with E-state index in [0.29, 0.717) is 6.54 Å². The fraction of sp³-hybridized carbons (Fsp3) is 0.182. The fourth-order valence-corrected chi connectivity index (χ4v) is 1.76. The molecule has 9 heteroatoms. The Labute approximate surface area is 114 Å². The van der Waals surface area contributed by atoms with Gasteiger partial charge >= 0.3 is 5.69 Å². The quantitative estimate of drug-likeness (QED) is 0.464. The van der Waals surface area contributed by atoms with Crippen LogP contribution in [0.2, 0.25) is 0 Å². The summed E-state index contributed by atoms with van der Waals surface area (Å²) in [5.74, 6) is 5.39. The number of nitrogen functional groups attached to an aromatic ring is 1. The largest absolute Gasteiger partial charge is 0.354 e. The van der Waals surface area contributed by atoms with E-state index in [-0.39, 0.29) is 17.3 Å². The summed E-state index contributed by atoms with van der Waals surface area (Å²) in [7, 11) is 1.70. The molecule has 20 heavy (non-hydrogen) atoms. The number of nitro groups is 1. The lowest BCUT2D eigenvalue weighted by atomic mass is 10.2. The Hall–Kier alpha value is -2.81. The molecule has 0 aliphatic rings. The van der Waals surface area contributed by atoms with Crippen molar-refractivity contribution in [2.75, 3.05) is 17.4 Å². The maximum absolute atomic E-state index is 11.1. The van der Waals surface area contributed by atoms with Gasteiger partial charge in [-0.1, -0.05) is 6.07 Å². The van der Waals surface area contributed by atoms with Crippen LogP contribution in [0.3, 0.4) is 0 Å². The first-order valence-electron chi connectivity index (χ1n) is 5.69. The second-order valence-electron chi connectivity index (χ2n) is 4.01. The second kappa shape index (κ2) is 5.89. The lowest BCUT2D eigenvalue weighted by Gasteiger charge is -2.18. The minimum absolute atomic E-state index is 0.0296. The van der Waals surface area contributed by atoms with Crippen molar-refractivity contribution in [2.45, 2.75) is 6.54 Å². The fourth-order valence-electron chi connectivity index (χ4n) is 1.76. The van der Waals surface area contributed by atoms with Gasteiger partial charge in [-0.3, -0.25) is 15.1 Å². The topological polar surface area (TPSA) is 123 Å². The van der Waals surface area contributed by atoms with Gasteiger partial charge in [0.25, 0.3) is 0 Å². The maximum atomic E-state index is 11.1. The van der Waals surface area contributed by atoms with Crippen LogP contribution in [0.15, 0.2) is 30.9 Å². The molecule has 2 aromatic heterocycles. The van der Waals surface area contributed by atoms with Crippen molar-refractivity contribution >= 4 is 17.3 Å². The Bertz CT molecular complexity index is 605. The van der Waals surface area contributed by atoms with Crippen molar-refractivity contribution in [1.29, 1.82) is 0 Å². The van der Waals surface area contributed by atoms with E-state index in [1.54, 1.807) is 30.4 Å². The normalized spacial score (nSPS) is 10.1. The third-order valence-electron chi connectivity index (χ3n) is 2.63. The van der Waals surface area contributed by atoms with E-state index >= 15 is 0 Å². The molecule has 9 nitrogen and oxygen atoms in total. The summed E-state index contributed by atoms with van der Waals surface area (Å²) in [5.41, 5.74) is 2.85. The van der Waals surface area contributed by atoms with Gasteiger partial charge < -0.3 is 10.3 Å². The molecule has 0 aromatic carbocycles. The second-order valence-corrected chi connectivity index (χ2v) is 4.01. The van der Waals surface area contributed by atoms with Crippen molar-refractivity contribution in [3.05, 3.63) is 46.5 Å². The molecular formula is C11H13N7O2. The first-order valence-corrected chi connectivity index (χ1v) is 5.69. The van der Waals surface area contributed by atoms with Gasteiger partial charge in [-0.15, -0.1) is 0 Å². The zero-order chi connectivity index (χ0) is 14.5. The molecule has 0 saturated heterocycles. The highest BCUT2D eigenvalue weighted by Crippen LogP contribution is 2.30. The van der Waals surface area contributed by atoms with Gasteiger partial charge in [0.05, 0.1) is 4.92 Å². The molecule has 0 aliphatic carbocycles. The zero-order valence-electron chi connectivity index (χ0n) is 10.7. The summed E-state index contributed by atoms with van der Waals surface area (Å²) in [6.45, 7) is 0.426. The van der Waals surface area contributed by atoms with Crippen LogP contribution in [0, 0.1) is 10.1 Å². The average Bonchev–Trinajstić information content (AvgIpc) is 2.47. The van der Waals surface area contributed by atoms with Crippen LogP contribution in [-0.2, 0) is 6.54 Å². The van der Waals surface area contributed by atoms with Crippen molar-refractivity contribution in [1.82, 2.24) is 15.0 Å². The molecule has 0 amide bonds. The molecule has 0 atom stereocenters. The highest BCUT2D eigenvalue weighted by molar-refractivity contribution is 5.69. The molecular weight excluding hydrogens is 262 g/mol. The van der Waals surface area contributed by atoms with Gasteiger partial charge in [-0.2, -0.15) is 0 Å². The molecule has 3 N–H and O–H groups in total. The van der Waals surface area contributed by atoms with E-state index < -0.39 is 4.92 Å². The maximum Gasteiger partial charge on any atom is 0.354 e. The van der Waals surface area contributed by atoms with E-state index in [1.807, 2.05) is 6.07 Å². The average molecular weight is 275 g/mol. The molecule has 0 unspecified atom stereocenters. The Kier molecular flexibility index (Phi) is 4.01. The number of hydrogen-bond donors (Lipinski definition) is 2. The molecule has 0 bridgehead atoms. The summed E-state index contributed by atoms with van der Waals surface area (Å²) >= 11 is 0. The van der Waals surface area contributed by atoms with Gasteiger partial charge in [-0.05, 0) is 11.6 Å². The van der Waals surface area contributed by atoms with E-state index in [2.05, 4.69) is 20.4 Å². The third-order valence-corrected chi connectivity index (χ3v) is 2.63. The van der Waals surface area contributed by atoms with Crippen LogP contribution in [0.1, 0.15) is 5.56 Å². The van der Waals surface area contributed by atoms with Crippen LogP contribution in [0.25, 0.3) is 0 Å². The van der Waals surface area contributed by atoms with E-state index in [4.69, 9.17) is 5.84 Å². The van der Waals surface area contributed by atoms with Crippen molar-refractivity contribution in [2.24, 2.45) is 5.84 Å². The highest BCUT2D eigenvalue weighted by atomic mass is 16.6. The molecule has 2 rings (SSSR count). The number of nitrogens with one attached hydrogen (secondary N) is 1. The number of pyridine rings is 1. The summed E-state index contributed by atoms with van der Waals surface area (Å²) in [6.07, 6.45) is 4.57. The predicted molar refractivity (Wildman–Crippen MR) is 72.8 cm³/mol. The number of anilines is 2. The molecule has 0 aliphatic heterocycles. The Balaban J connectivity index is 2.34. The first-order chi connectivity index (χ1) is 9.63. The van der Waals surface area contributed by atoms with E-state index in [1.165, 1.54) is 6.33 Å². The lowest BCUT2D eigenvalue weighted by molar-refractivity contribution is -0.383. The number of nitrogens with zero attached hydrogens (tertiary/aromatic N) is 5. The van der Waals surface area contributed by atoms with Crippen LogP contribution in [-0.4, -0.2) is 26.9 Å². The predicted octanol–water partition coefficient (Wildman–Crippen LogP) is 0.702. The SMILES string of the molecule is CN(Cc1cccnc1)c1ncnc(NN)c1[N+](=O)[O-]. The lowest BCUT2D eigenvalue weighted by Crippen LogP contribution is -2.21. The minimum atomic E-state index is -0.565. The van der Waals surface area contributed by atoms with Crippen molar-refractivity contribution < 1.29 is 4.92 Å². The summed E-state index contributed by atoms with van der Waals surface area (Å²) in [6, 6.07) is 3.67. The molecule has 0 fully saturated rings. The number of rotatable bonds is 5. The monoisotopic (exact) mass is 275 g/mol. The highest BCUT2D eigenvalue weighted by Gasteiger charge is 2.25. The molecule has 104 valence electrons. The molecule has 2 aromatic rings. The number of aromatic nitrogens is 3. The van der Waals surface area contributed by atoms with Crippen LogP contribution < -0.4 is 16.2 Å². The standard InChI is InChI=1S/C11H13N7O2/c1-17(6-8-3-2-4-13-5-8)11-9(18(19)20)10(16-12)14-7-15-11/h2-5,7H,6,12H2,1H3,(H,14,15,16). The summed E-state index contributed by atoms with van der Waals surface area (Å²) in [5, 5.41) is 11.1. The summed E-state index contributed by atoms with van der Waals surface area (Å²) < 4.78 is 0. The van der Waals surface area contributed by atoms with Crippen LogP contribution >= 0.6 is 0 Å². The van der Waals surface area contributed by atoms with Gasteiger partial charge in [-0.25, -0.2) is 15.8 Å². The zero-order valence-corrected chi connectivity index (χ0v) is 10.7. The van der Waals surface area contributed by atoms with Crippen LogP contribution in [0.5, 0.6) is 0 Å². The summed E-state index contributed by atoms with van der Waals surface area (Å²) in [4.78, 5) is 23.9. The van der Waals surface area contributed by atoms with Gasteiger partial charge in [0.15, 0.2) is 0 Å². The minimum Gasteiger partial charge on any atom is -0.349 e. The van der Waals surface area contributed by atoms with E-state index in [0.717, 1.165) is 5.56 Å². The van der Waals surface area contributed by atoms with Gasteiger partial charge in [0, 0.05) is 26.0 Å². The first kappa shape index (κ1) is 13.6. The van der Waals surface area contributed by atoms with Crippen molar-refractivity contribution in [3.8, 4) is 0 Å². The molecule has 0 spiro atoms. The van der Waals surface area contributed by atoms with E-state index in [9.17, 15) is 10.1 Å². The number of hydrazine groups is 1. The number of hydrogen-bond acceptors (Lipinski definition) is 8. The molecule has 2 heterocycles. The molecule has 0 saturated carbocycles. The Morgan fingerprint density at radius 2 is 2.30 bits per heavy atom.